The zero-order valence-corrected chi connectivity index (χ0v) is 13.3. The summed E-state index contributed by atoms with van der Waals surface area (Å²) in [5.74, 6) is 0.574. The van der Waals surface area contributed by atoms with Crippen LogP contribution in [0.5, 0.6) is 0 Å². The number of carbonyl (C=O) groups excluding carboxylic acids is 1. The number of hydrogen-bond acceptors (Lipinski definition) is 3. The summed E-state index contributed by atoms with van der Waals surface area (Å²) >= 11 is 0. The number of piperazine rings is 1. The van der Waals surface area contributed by atoms with E-state index < -0.39 is 0 Å². The van der Waals surface area contributed by atoms with Crippen LogP contribution in [-0.2, 0) is 4.79 Å². The quantitative estimate of drug-likeness (QED) is 0.805. The monoisotopic (exact) mass is 299 g/mol. The fraction of sp³-hybridized carbons (Fsp3) is 0.556. The lowest BCUT2D eigenvalue weighted by atomic mass is 9.93. The SMILES string of the molecule is C[C@H](c1cccnc1)N1CCN(C(=O)[C@H]2CC=CCC2)CC1. The van der Waals surface area contributed by atoms with Gasteiger partial charge in [0.2, 0.25) is 5.91 Å². The first-order valence-electron chi connectivity index (χ1n) is 8.33. The van der Waals surface area contributed by atoms with Crippen molar-refractivity contribution < 1.29 is 4.79 Å². The van der Waals surface area contributed by atoms with Gasteiger partial charge in [-0.3, -0.25) is 14.7 Å². The highest BCUT2D eigenvalue weighted by Crippen LogP contribution is 2.24. The Morgan fingerprint density at radius 1 is 1.27 bits per heavy atom. The van der Waals surface area contributed by atoms with Gasteiger partial charge in [0.05, 0.1) is 0 Å². The minimum absolute atomic E-state index is 0.215. The Kier molecular flexibility index (Phi) is 4.88. The molecule has 2 aliphatic rings. The standard InChI is InChI=1S/C18H25N3O/c1-15(17-8-5-9-19-14-17)20-10-12-21(13-11-20)18(22)16-6-3-2-4-7-16/h2-3,5,8-9,14-16H,4,6-7,10-13H2,1H3/t15-,16+/m1/s1. The second kappa shape index (κ2) is 7.05. The minimum atomic E-state index is 0.215. The van der Waals surface area contributed by atoms with Gasteiger partial charge in [0, 0.05) is 50.5 Å². The van der Waals surface area contributed by atoms with Gasteiger partial charge in [0.25, 0.3) is 0 Å². The van der Waals surface area contributed by atoms with Crippen LogP contribution in [0.15, 0.2) is 36.7 Å². The third kappa shape index (κ3) is 3.38. The van der Waals surface area contributed by atoms with Gasteiger partial charge in [0.1, 0.15) is 0 Å². The Morgan fingerprint density at radius 3 is 2.73 bits per heavy atom. The fourth-order valence-electron chi connectivity index (χ4n) is 3.44. The number of amides is 1. The van der Waals surface area contributed by atoms with Crippen LogP contribution < -0.4 is 0 Å². The second-order valence-electron chi connectivity index (χ2n) is 6.30. The molecule has 0 radical (unpaired) electrons. The molecule has 22 heavy (non-hydrogen) atoms. The average Bonchev–Trinajstić information content (AvgIpc) is 2.62. The highest BCUT2D eigenvalue weighted by Gasteiger charge is 2.28. The van der Waals surface area contributed by atoms with E-state index >= 15 is 0 Å². The first-order chi connectivity index (χ1) is 10.8. The number of rotatable bonds is 3. The summed E-state index contributed by atoms with van der Waals surface area (Å²) in [6, 6.07) is 4.48. The van der Waals surface area contributed by atoms with E-state index in [0.717, 1.165) is 45.4 Å². The molecule has 0 spiro atoms. The van der Waals surface area contributed by atoms with Gasteiger partial charge in [-0.15, -0.1) is 0 Å². The normalized spacial score (nSPS) is 24.2. The summed E-state index contributed by atoms with van der Waals surface area (Å²) in [5.41, 5.74) is 1.25. The van der Waals surface area contributed by atoms with E-state index in [1.165, 1.54) is 5.56 Å². The lowest BCUT2D eigenvalue weighted by molar-refractivity contribution is -0.137. The minimum Gasteiger partial charge on any atom is -0.340 e. The summed E-state index contributed by atoms with van der Waals surface area (Å²) in [6.45, 7) is 5.82. The number of hydrogen-bond donors (Lipinski definition) is 0. The molecular weight excluding hydrogens is 274 g/mol. The van der Waals surface area contributed by atoms with Gasteiger partial charge < -0.3 is 4.90 Å². The van der Waals surface area contributed by atoms with Crippen molar-refractivity contribution in [3.63, 3.8) is 0 Å². The summed E-state index contributed by atoms with van der Waals surface area (Å²) in [4.78, 5) is 21.3. The highest BCUT2D eigenvalue weighted by atomic mass is 16.2. The van der Waals surface area contributed by atoms with Crippen LogP contribution in [0.4, 0.5) is 0 Å². The molecule has 2 heterocycles. The summed E-state index contributed by atoms with van der Waals surface area (Å²) in [5, 5.41) is 0. The molecule has 2 atom stereocenters. The second-order valence-corrected chi connectivity index (χ2v) is 6.30. The van der Waals surface area contributed by atoms with Crippen molar-refractivity contribution in [3.8, 4) is 0 Å². The topological polar surface area (TPSA) is 36.4 Å². The largest absolute Gasteiger partial charge is 0.340 e. The van der Waals surface area contributed by atoms with Crippen molar-refractivity contribution in [1.29, 1.82) is 0 Å². The molecule has 1 aliphatic carbocycles. The molecule has 0 saturated carbocycles. The molecule has 0 aromatic carbocycles. The molecule has 0 unspecified atom stereocenters. The average molecular weight is 299 g/mol. The molecule has 0 N–H and O–H groups in total. The van der Waals surface area contributed by atoms with E-state index in [9.17, 15) is 4.79 Å². The molecule has 118 valence electrons. The maximum absolute atomic E-state index is 12.6. The van der Waals surface area contributed by atoms with E-state index in [4.69, 9.17) is 0 Å². The zero-order chi connectivity index (χ0) is 15.4. The third-order valence-electron chi connectivity index (χ3n) is 4.96. The predicted octanol–water partition coefficient (Wildman–Crippen LogP) is 2.64. The van der Waals surface area contributed by atoms with Crippen molar-refractivity contribution in [2.45, 2.75) is 32.2 Å². The molecule has 3 rings (SSSR count). The number of allylic oxidation sites excluding steroid dienone is 2. The number of aromatic nitrogens is 1. The first-order valence-corrected chi connectivity index (χ1v) is 8.33. The first kappa shape index (κ1) is 15.2. The van der Waals surface area contributed by atoms with Gasteiger partial charge in [0.15, 0.2) is 0 Å². The lowest BCUT2D eigenvalue weighted by Crippen LogP contribution is -2.50. The van der Waals surface area contributed by atoms with Crippen LogP contribution in [0.25, 0.3) is 0 Å². The van der Waals surface area contributed by atoms with Gasteiger partial charge in [-0.2, -0.15) is 0 Å². The molecule has 4 heteroatoms. The van der Waals surface area contributed by atoms with Crippen molar-refractivity contribution >= 4 is 5.91 Å². The molecule has 1 fully saturated rings. The maximum atomic E-state index is 12.6. The molecule has 0 bridgehead atoms. The van der Waals surface area contributed by atoms with Gasteiger partial charge in [-0.1, -0.05) is 18.2 Å². The van der Waals surface area contributed by atoms with Crippen LogP contribution in [-0.4, -0.2) is 46.9 Å². The van der Waals surface area contributed by atoms with E-state index in [1.54, 1.807) is 0 Å². The number of carbonyl (C=O) groups is 1. The van der Waals surface area contributed by atoms with Gasteiger partial charge >= 0.3 is 0 Å². The smallest absolute Gasteiger partial charge is 0.226 e. The van der Waals surface area contributed by atoms with Crippen LogP contribution in [0.2, 0.25) is 0 Å². The maximum Gasteiger partial charge on any atom is 0.226 e. The van der Waals surface area contributed by atoms with Crippen molar-refractivity contribution in [2.24, 2.45) is 5.92 Å². The van der Waals surface area contributed by atoms with Crippen LogP contribution in [0.3, 0.4) is 0 Å². The third-order valence-corrected chi connectivity index (χ3v) is 4.96. The molecule has 1 aromatic rings. The Labute approximate surface area is 132 Å². The summed E-state index contributed by atoms with van der Waals surface area (Å²) in [7, 11) is 0. The number of nitrogens with zero attached hydrogens (tertiary/aromatic N) is 3. The summed E-state index contributed by atoms with van der Waals surface area (Å²) < 4.78 is 0. The Hall–Kier alpha value is -1.68. The zero-order valence-electron chi connectivity index (χ0n) is 13.3. The van der Waals surface area contributed by atoms with Crippen LogP contribution in [0.1, 0.15) is 37.8 Å². The molecule has 1 aliphatic heterocycles. The van der Waals surface area contributed by atoms with Gasteiger partial charge in [-0.05, 0) is 37.8 Å². The Bertz CT molecular complexity index is 520. The Morgan fingerprint density at radius 2 is 2.09 bits per heavy atom. The highest BCUT2D eigenvalue weighted by molar-refractivity contribution is 5.79. The molecule has 1 amide bonds. The summed E-state index contributed by atoms with van der Waals surface area (Å²) in [6.07, 6.45) is 11.1. The molecular formula is C18H25N3O. The fourth-order valence-corrected chi connectivity index (χ4v) is 3.44. The van der Waals surface area contributed by atoms with Crippen molar-refractivity contribution in [1.82, 2.24) is 14.8 Å². The van der Waals surface area contributed by atoms with E-state index in [-0.39, 0.29) is 5.92 Å². The van der Waals surface area contributed by atoms with Crippen LogP contribution >= 0.6 is 0 Å². The lowest BCUT2D eigenvalue weighted by Gasteiger charge is -2.39. The van der Waals surface area contributed by atoms with E-state index in [1.807, 2.05) is 18.5 Å². The Balaban J connectivity index is 1.54. The van der Waals surface area contributed by atoms with Gasteiger partial charge in [-0.25, -0.2) is 0 Å². The molecule has 1 aromatic heterocycles. The molecule has 1 saturated heterocycles. The molecule has 4 nitrogen and oxygen atoms in total. The number of pyridine rings is 1. The van der Waals surface area contributed by atoms with Crippen LogP contribution in [0, 0.1) is 5.92 Å². The van der Waals surface area contributed by atoms with E-state index in [0.29, 0.717) is 11.9 Å². The van der Waals surface area contributed by atoms with Crippen molar-refractivity contribution in [2.75, 3.05) is 26.2 Å². The van der Waals surface area contributed by atoms with Crippen molar-refractivity contribution in [3.05, 3.63) is 42.2 Å². The van der Waals surface area contributed by atoms with E-state index in [2.05, 4.69) is 39.9 Å². The predicted molar refractivity (Wildman–Crippen MR) is 87.3 cm³/mol.